The summed E-state index contributed by atoms with van der Waals surface area (Å²) in [7, 11) is 0. The SMILES string of the molecule is CCC(C)(CC)c1cc(C)cc(-c2ccc3cccnc3n2)c1. The van der Waals surface area contributed by atoms with Gasteiger partial charge < -0.3 is 0 Å². The Morgan fingerprint density at radius 1 is 1.00 bits per heavy atom. The average Bonchev–Trinajstić information content (AvgIpc) is 2.60. The van der Waals surface area contributed by atoms with Crippen LogP contribution in [-0.4, -0.2) is 9.97 Å². The van der Waals surface area contributed by atoms with Crippen LogP contribution in [0.5, 0.6) is 0 Å². The van der Waals surface area contributed by atoms with Gasteiger partial charge in [-0.1, -0.05) is 32.4 Å². The number of benzene rings is 1. The van der Waals surface area contributed by atoms with E-state index in [0.29, 0.717) is 0 Å². The summed E-state index contributed by atoms with van der Waals surface area (Å²) in [5.74, 6) is 0. The lowest BCUT2D eigenvalue weighted by Crippen LogP contribution is -2.19. The molecule has 0 amide bonds. The number of aryl methyl sites for hydroxylation is 1. The Morgan fingerprint density at radius 2 is 1.78 bits per heavy atom. The van der Waals surface area contributed by atoms with Crippen molar-refractivity contribution in [1.82, 2.24) is 9.97 Å². The number of hydrogen-bond acceptors (Lipinski definition) is 2. The highest BCUT2D eigenvalue weighted by Crippen LogP contribution is 2.34. The van der Waals surface area contributed by atoms with Gasteiger partial charge in [0.25, 0.3) is 0 Å². The molecule has 118 valence electrons. The molecule has 0 aliphatic heterocycles. The highest BCUT2D eigenvalue weighted by molar-refractivity contribution is 5.78. The average molecular weight is 304 g/mol. The van der Waals surface area contributed by atoms with Crippen LogP contribution < -0.4 is 0 Å². The Morgan fingerprint density at radius 3 is 2.52 bits per heavy atom. The fraction of sp³-hybridized carbons (Fsp3) is 0.333. The zero-order chi connectivity index (χ0) is 16.4. The summed E-state index contributed by atoms with van der Waals surface area (Å²) in [6, 6.07) is 15.0. The molecule has 2 aromatic heterocycles. The maximum atomic E-state index is 4.75. The van der Waals surface area contributed by atoms with Crippen LogP contribution >= 0.6 is 0 Å². The molecule has 2 heterocycles. The first-order valence-corrected chi connectivity index (χ1v) is 8.40. The summed E-state index contributed by atoms with van der Waals surface area (Å²) in [4.78, 5) is 9.13. The molecular weight excluding hydrogens is 280 g/mol. The lowest BCUT2D eigenvalue weighted by Gasteiger charge is -2.28. The van der Waals surface area contributed by atoms with Gasteiger partial charge in [-0.05, 0) is 67.1 Å². The first-order chi connectivity index (χ1) is 11.1. The van der Waals surface area contributed by atoms with Gasteiger partial charge in [-0.15, -0.1) is 0 Å². The molecule has 0 saturated heterocycles. The molecule has 0 aliphatic rings. The number of aromatic nitrogens is 2. The topological polar surface area (TPSA) is 25.8 Å². The van der Waals surface area contributed by atoms with E-state index in [0.717, 1.165) is 29.6 Å². The summed E-state index contributed by atoms with van der Waals surface area (Å²) in [6.45, 7) is 9.05. The number of fused-ring (bicyclic) bond motifs is 1. The molecule has 0 radical (unpaired) electrons. The normalized spacial score (nSPS) is 11.8. The Kier molecular flexibility index (Phi) is 4.16. The smallest absolute Gasteiger partial charge is 0.159 e. The largest absolute Gasteiger partial charge is 0.237 e. The minimum atomic E-state index is 0.218. The van der Waals surface area contributed by atoms with Gasteiger partial charge in [0.05, 0.1) is 5.69 Å². The molecule has 23 heavy (non-hydrogen) atoms. The van der Waals surface area contributed by atoms with E-state index in [1.54, 1.807) is 6.20 Å². The molecule has 0 spiro atoms. The van der Waals surface area contributed by atoms with Crippen molar-refractivity contribution in [2.45, 2.75) is 46.0 Å². The lowest BCUT2D eigenvalue weighted by molar-refractivity contribution is 0.439. The zero-order valence-electron chi connectivity index (χ0n) is 14.4. The van der Waals surface area contributed by atoms with Crippen molar-refractivity contribution in [3.05, 3.63) is 59.8 Å². The maximum absolute atomic E-state index is 4.75. The number of hydrogen-bond donors (Lipinski definition) is 0. The fourth-order valence-corrected chi connectivity index (χ4v) is 3.05. The van der Waals surface area contributed by atoms with Crippen LogP contribution in [-0.2, 0) is 5.41 Å². The van der Waals surface area contributed by atoms with Crippen LogP contribution in [0, 0.1) is 6.92 Å². The maximum Gasteiger partial charge on any atom is 0.159 e. The van der Waals surface area contributed by atoms with Crippen molar-refractivity contribution in [3.63, 3.8) is 0 Å². The molecule has 0 aliphatic carbocycles. The number of rotatable bonds is 4. The Labute approximate surface area is 138 Å². The van der Waals surface area contributed by atoms with Crippen molar-refractivity contribution in [2.75, 3.05) is 0 Å². The van der Waals surface area contributed by atoms with Crippen LogP contribution in [0.3, 0.4) is 0 Å². The molecule has 0 N–H and O–H groups in total. The summed E-state index contributed by atoms with van der Waals surface area (Å²) in [6.07, 6.45) is 4.07. The van der Waals surface area contributed by atoms with Gasteiger partial charge >= 0.3 is 0 Å². The van der Waals surface area contributed by atoms with E-state index in [1.165, 1.54) is 16.7 Å². The monoisotopic (exact) mass is 304 g/mol. The van der Waals surface area contributed by atoms with Gasteiger partial charge in [-0.25, -0.2) is 9.97 Å². The second kappa shape index (κ2) is 6.11. The standard InChI is InChI=1S/C21H24N2/c1-5-21(4,6-2)18-13-15(3)12-17(14-18)19-10-9-16-8-7-11-22-20(16)23-19/h7-14H,5-6H2,1-4H3. The van der Waals surface area contributed by atoms with Gasteiger partial charge in [0.15, 0.2) is 5.65 Å². The van der Waals surface area contributed by atoms with E-state index in [4.69, 9.17) is 4.98 Å². The molecule has 1 aromatic carbocycles. The lowest BCUT2D eigenvalue weighted by atomic mass is 9.77. The third-order valence-electron chi connectivity index (χ3n) is 5.09. The Balaban J connectivity index is 2.13. The first kappa shape index (κ1) is 15.7. The Bertz CT molecular complexity index is 832. The highest BCUT2D eigenvalue weighted by Gasteiger charge is 2.23. The second-order valence-electron chi connectivity index (χ2n) is 6.60. The van der Waals surface area contributed by atoms with E-state index < -0.39 is 0 Å². The third-order valence-corrected chi connectivity index (χ3v) is 5.09. The van der Waals surface area contributed by atoms with E-state index in [1.807, 2.05) is 12.1 Å². The van der Waals surface area contributed by atoms with E-state index in [9.17, 15) is 0 Å². The number of pyridine rings is 2. The van der Waals surface area contributed by atoms with Crippen LogP contribution in [0.2, 0.25) is 0 Å². The molecule has 0 unspecified atom stereocenters. The van der Waals surface area contributed by atoms with E-state index >= 15 is 0 Å². The molecule has 0 fully saturated rings. The molecule has 2 heteroatoms. The predicted molar refractivity (Wildman–Crippen MR) is 97.6 cm³/mol. The van der Waals surface area contributed by atoms with Crippen LogP contribution in [0.4, 0.5) is 0 Å². The van der Waals surface area contributed by atoms with Gasteiger partial charge in [-0.3, -0.25) is 0 Å². The summed E-state index contributed by atoms with van der Waals surface area (Å²) in [5, 5.41) is 1.08. The minimum absolute atomic E-state index is 0.218. The van der Waals surface area contributed by atoms with Crippen molar-refractivity contribution in [3.8, 4) is 11.3 Å². The first-order valence-electron chi connectivity index (χ1n) is 8.40. The van der Waals surface area contributed by atoms with Gasteiger partial charge in [0, 0.05) is 17.1 Å². The van der Waals surface area contributed by atoms with Crippen molar-refractivity contribution >= 4 is 11.0 Å². The predicted octanol–water partition coefficient (Wildman–Crippen LogP) is 5.68. The molecule has 3 rings (SSSR count). The molecule has 0 saturated carbocycles. The summed E-state index contributed by atoms with van der Waals surface area (Å²) >= 11 is 0. The second-order valence-corrected chi connectivity index (χ2v) is 6.60. The Hall–Kier alpha value is -2.22. The highest BCUT2D eigenvalue weighted by atomic mass is 14.8. The van der Waals surface area contributed by atoms with Crippen molar-refractivity contribution in [1.29, 1.82) is 0 Å². The fourth-order valence-electron chi connectivity index (χ4n) is 3.05. The molecule has 3 aromatic rings. The molecule has 2 nitrogen and oxygen atoms in total. The van der Waals surface area contributed by atoms with E-state index in [-0.39, 0.29) is 5.41 Å². The molecule has 0 bridgehead atoms. The van der Waals surface area contributed by atoms with Crippen molar-refractivity contribution < 1.29 is 0 Å². The van der Waals surface area contributed by atoms with Gasteiger partial charge in [0.1, 0.15) is 0 Å². The quantitative estimate of drug-likeness (QED) is 0.619. The van der Waals surface area contributed by atoms with Crippen LogP contribution in [0.1, 0.15) is 44.7 Å². The zero-order valence-corrected chi connectivity index (χ0v) is 14.4. The number of nitrogens with zero attached hydrogens (tertiary/aromatic N) is 2. The molecule has 0 atom stereocenters. The minimum Gasteiger partial charge on any atom is -0.237 e. The summed E-state index contributed by atoms with van der Waals surface area (Å²) < 4.78 is 0. The van der Waals surface area contributed by atoms with Gasteiger partial charge in [0.2, 0.25) is 0 Å². The van der Waals surface area contributed by atoms with Crippen LogP contribution in [0.15, 0.2) is 48.7 Å². The van der Waals surface area contributed by atoms with Gasteiger partial charge in [-0.2, -0.15) is 0 Å². The van der Waals surface area contributed by atoms with E-state index in [2.05, 4.69) is 63.0 Å². The molecular formula is C21H24N2. The van der Waals surface area contributed by atoms with Crippen LogP contribution in [0.25, 0.3) is 22.3 Å². The summed E-state index contributed by atoms with van der Waals surface area (Å²) in [5.41, 5.74) is 5.89. The third kappa shape index (κ3) is 2.98. The van der Waals surface area contributed by atoms with Crippen molar-refractivity contribution in [2.24, 2.45) is 0 Å².